The summed E-state index contributed by atoms with van der Waals surface area (Å²) in [6.45, 7) is 2.31. The second-order valence-electron chi connectivity index (χ2n) is 7.42. The maximum atomic E-state index is 13.5. The van der Waals surface area contributed by atoms with E-state index < -0.39 is 6.04 Å². The van der Waals surface area contributed by atoms with Crippen LogP contribution in [-0.2, 0) is 6.54 Å². The maximum absolute atomic E-state index is 13.5. The van der Waals surface area contributed by atoms with Crippen molar-refractivity contribution in [2.24, 2.45) is 0 Å². The van der Waals surface area contributed by atoms with Crippen molar-refractivity contribution >= 4 is 28.5 Å². The fourth-order valence-corrected chi connectivity index (χ4v) is 4.11. The molecule has 2 aromatic carbocycles. The SMILES string of the molecule is Cc1ccc([C@H]2c3c(oc4ccc(Cl)cc4c3=O)C(=O)N2Cc2cccnc2)cc1. The quantitative estimate of drug-likeness (QED) is 0.476. The summed E-state index contributed by atoms with van der Waals surface area (Å²) in [6.07, 6.45) is 3.40. The van der Waals surface area contributed by atoms with Gasteiger partial charge in [0.15, 0.2) is 5.43 Å². The van der Waals surface area contributed by atoms with E-state index in [2.05, 4.69) is 4.98 Å². The monoisotopic (exact) mass is 416 g/mol. The molecule has 5 rings (SSSR count). The number of fused-ring (bicyclic) bond motifs is 2. The molecule has 30 heavy (non-hydrogen) atoms. The van der Waals surface area contributed by atoms with Crippen LogP contribution in [0, 0.1) is 6.92 Å². The molecule has 1 atom stereocenters. The lowest BCUT2D eigenvalue weighted by Crippen LogP contribution is -2.29. The van der Waals surface area contributed by atoms with E-state index in [1.165, 1.54) is 0 Å². The van der Waals surface area contributed by atoms with Crippen LogP contribution in [-0.4, -0.2) is 15.8 Å². The molecule has 3 heterocycles. The maximum Gasteiger partial charge on any atom is 0.291 e. The largest absolute Gasteiger partial charge is 0.450 e. The summed E-state index contributed by atoms with van der Waals surface area (Å²) in [6, 6.07) is 15.9. The molecule has 0 aliphatic carbocycles. The van der Waals surface area contributed by atoms with E-state index in [9.17, 15) is 9.59 Å². The van der Waals surface area contributed by atoms with Crippen LogP contribution in [0.1, 0.15) is 38.9 Å². The van der Waals surface area contributed by atoms with Crippen molar-refractivity contribution in [3.05, 3.63) is 110 Å². The molecular formula is C24H17ClN2O3. The van der Waals surface area contributed by atoms with Gasteiger partial charge in [-0.3, -0.25) is 14.6 Å². The summed E-state index contributed by atoms with van der Waals surface area (Å²) in [5.41, 5.74) is 3.28. The summed E-state index contributed by atoms with van der Waals surface area (Å²) in [7, 11) is 0. The Bertz CT molecular complexity index is 1330. The van der Waals surface area contributed by atoms with Crippen LogP contribution in [0.2, 0.25) is 5.02 Å². The zero-order chi connectivity index (χ0) is 20.8. The minimum atomic E-state index is -0.548. The third-order valence-electron chi connectivity index (χ3n) is 5.40. The van der Waals surface area contributed by atoms with Gasteiger partial charge in [0.05, 0.1) is 17.0 Å². The number of benzene rings is 2. The van der Waals surface area contributed by atoms with Crippen molar-refractivity contribution < 1.29 is 9.21 Å². The number of pyridine rings is 1. The number of halogens is 1. The van der Waals surface area contributed by atoms with E-state index in [1.54, 1.807) is 35.5 Å². The second kappa shape index (κ2) is 7.11. The highest BCUT2D eigenvalue weighted by molar-refractivity contribution is 6.31. The number of carbonyl (C=O) groups excluding carboxylic acids is 1. The standard InChI is InChI=1S/C24H17ClN2O3/c1-14-4-6-16(7-5-14)21-20-22(28)18-11-17(25)8-9-19(18)30-23(20)24(29)27(21)13-15-3-2-10-26-12-15/h2-12,21H,13H2,1H3/t21-/m0/s1. The van der Waals surface area contributed by atoms with E-state index in [4.69, 9.17) is 16.0 Å². The van der Waals surface area contributed by atoms with Crippen molar-refractivity contribution in [1.82, 2.24) is 9.88 Å². The second-order valence-corrected chi connectivity index (χ2v) is 7.86. The molecule has 0 saturated carbocycles. The first-order valence-electron chi connectivity index (χ1n) is 9.55. The van der Waals surface area contributed by atoms with E-state index in [1.807, 2.05) is 43.3 Å². The molecule has 1 aliphatic rings. The van der Waals surface area contributed by atoms with Crippen molar-refractivity contribution in [2.45, 2.75) is 19.5 Å². The Kier molecular flexibility index (Phi) is 4.40. The van der Waals surface area contributed by atoms with Gasteiger partial charge in [-0.1, -0.05) is 47.5 Å². The third kappa shape index (κ3) is 2.99. The van der Waals surface area contributed by atoms with Crippen LogP contribution in [0.5, 0.6) is 0 Å². The van der Waals surface area contributed by atoms with Gasteiger partial charge in [0.25, 0.3) is 5.91 Å². The molecule has 2 aromatic heterocycles. The van der Waals surface area contributed by atoms with Gasteiger partial charge in [0.1, 0.15) is 5.58 Å². The van der Waals surface area contributed by atoms with Crippen LogP contribution >= 0.6 is 11.6 Å². The predicted molar refractivity (Wildman–Crippen MR) is 115 cm³/mol. The van der Waals surface area contributed by atoms with Gasteiger partial charge in [-0.2, -0.15) is 0 Å². The molecule has 5 nitrogen and oxygen atoms in total. The lowest BCUT2D eigenvalue weighted by atomic mass is 9.97. The van der Waals surface area contributed by atoms with Gasteiger partial charge in [-0.15, -0.1) is 0 Å². The van der Waals surface area contributed by atoms with Crippen LogP contribution in [0.25, 0.3) is 11.0 Å². The number of aromatic nitrogens is 1. The smallest absolute Gasteiger partial charge is 0.291 e. The summed E-state index contributed by atoms with van der Waals surface area (Å²) in [4.78, 5) is 32.6. The Morgan fingerprint density at radius 1 is 1.10 bits per heavy atom. The predicted octanol–water partition coefficient (Wildman–Crippen LogP) is 4.90. The van der Waals surface area contributed by atoms with Gasteiger partial charge in [0.2, 0.25) is 5.76 Å². The number of hydrogen-bond acceptors (Lipinski definition) is 4. The van der Waals surface area contributed by atoms with E-state index in [-0.39, 0.29) is 17.1 Å². The fourth-order valence-electron chi connectivity index (χ4n) is 3.94. The van der Waals surface area contributed by atoms with Crippen LogP contribution in [0.3, 0.4) is 0 Å². The molecule has 0 radical (unpaired) electrons. The molecule has 0 bridgehead atoms. The Hall–Kier alpha value is -3.44. The molecule has 1 amide bonds. The average molecular weight is 417 g/mol. The molecule has 0 fully saturated rings. The first-order valence-corrected chi connectivity index (χ1v) is 9.93. The minimum Gasteiger partial charge on any atom is -0.450 e. The highest BCUT2D eigenvalue weighted by atomic mass is 35.5. The summed E-state index contributed by atoms with van der Waals surface area (Å²) in [5, 5.41) is 0.813. The number of hydrogen-bond donors (Lipinski definition) is 0. The number of aryl methyl sites for hydroxylation is 1. The number of carbonyl (C=O) groups is 1. The summed E-state index contributed by atoms with van der Waals surface area (Å²) >= 11 is 6.11. The summed E-state index contributed by atoms with van der Waals surface area (Å²) in [5.74, 6) is -0.224. The molecule has 6 heteroatoms. The highest BCUT2D eigenvalue weighted by Crippen LogP contribution is 2.39. The minimum absolute atomic E-state index is 0.0873. The van der Waals surface area contributed by atoms with Gasteiger partial charge in [0, 0.05) is 24.0 Å². The lowest BCUT2D eigenvalue weighted by molar-refractivity contribution is 0.0714. The fraction of sp³-hybridized carbons (Fsp3) is 0.125. The Morgan fingerprint density at radius 2 is 1.90 bits per heavy atom. The topological polar surface area (TPSA) is 63.4 Å². The number of nitrogens with zero attached hydrogens (tertiary/aromatic N) is 2. The van der Waals surface area contributed by atoms with Gasteiger partial charge in [-0.05, 0) is 42.3 Å². The van der Waals surface area contributed by atoms with Crippen molar-refractivity contribution in [2.75, 3.05) is 0 Å². The van der Waals surface area contributed by atoms with Crippen LogP contribution < -0.4 is 5.43 Å². The molecule has 0 saturated heterocycles. The molecule has 0 unspecified atom stereocenters. The van der Waals surface area contributed by atoms with E-state index >= 15 is 0 Å². The number of rotatable bonds is 3. The molecule has 4 aromatic rings. The molecule has 0 N–H and O–H groups in total. The van der Waals surface area contributed by atoms with Crippen molar-refractivity contribution in [1.29, 1.82) is 0 Å². The normalized spacial score (nSPS) is 15.6. The van der Waals surface area contributed by atoms with Gasteiger partial charge < -0.3 is 9.32 Å². The van der Waals surface area contributed by atoms with E-state index in [0.717, 1.165) is 16.7 Å². The Labute approximate surface area is 177 Å². The first-order chi connectivity index (χ1) is 14.5. The Morgan fingerprint density at radius 3 is 2.63 bits per heavy atom. The van der Waals surface area contributed by atoms with Crippen molar-refractivity contribution in [3.8, 4) is 0 Å². The number of amides is 1. The van der Waals surface area contributed by atoms with Crippen molar-refractivity contribution in [3.63, 3.8) is 0 Å². The van der Waals surface area contributed by atoms with E-state index in [0.29, 0.717) is 28.1 Å². The van der Waals surface area contributed by atoms with Crippen LogP contribution in [0.4, 0.5) is 0 Å². The molecular weight excluding hydrogens is 400 g/mol. The molecule has 1 aliphatic heterocycles. The van der Waals surface area contributed by atoms with Crippen LogP contribution in [0.15, 0.2) is 76.2 Å². The third-order valence-corrected chi connectivity index (χ3v) is 5.63. The lowest BCUT2D eigenvalue weighted by Gasteiger charge is -2.25. The molecule has 0 spiro atoms. The molecule has 148 valence electrons. The zero-order valence-electron chi connectivity index (χ0n) is 16.1. The van der Waals surface area contributed by atoms with Gasteiger partial charge in [-0.25, -0.2) is 0 Å². The van der Waals surface area contributed by atoms with Gasteiger partial charge >= 0.3 is 0 Å². The average Bonchev–Trinajstić information content (AvgIpc) is 3.02. The Balaban J connectivity index is 1.74. The summed E-state index contributed by atoms with van der Waals surface area (Å²) < 4.78 is 5.93. The zero-order valence-corrected chi connectivity index (χ0v) is 16.9. The highest BCUT2D eigenvalue weighted by Gasteiger charge is 2.42. The first kappa shape index (κ1) is 18.6.